The molecule has 20 heavy (non-hydrogen) atoms. The number of aryl methyl sites for hydroxylation is 2. The van der Waals surface area contributed by atoms with Crippen LogP contribution in [0.1, 0.15) is 16.7 Å². The number of ether oxygens (including phenoxy) is 1. The number of nitrogens with zero attached hydrogens (tertiary/aromatic N) is 1. The topological polar surface area (TPSA) is 78.4 Å². The van der Waals surface area contributed by atoms with Crippen molar-refractivity contribution in [1.29, 1.82) is 0 Å². The predicted octanol–water partition coefficient (Wildman–Crippen LogP) is 3.89. The van der Waals surface area contributed by atoms with Gasteiger partial charge in [-0.2, -0.15) is 0 Å². The minimum absolute atomic E-state index is 0.0491. The predicted molar refractivity (Wildman–Crippen MR) is 78.2 cm³/mol. The Hall–Kier alpha value is -2.56. The van der Waals surface area contributed by atoms with Gasteiger partial charge in [-0.15, -0.1) is 0 Å². The van der Waals surface area contributed by atoms with E-state index in [4.69, 9.17) is 10.5 Å². The Balaban J connectivity index is 2.38. The van der Waals surface area contributed by atoms with Gasteiger partial charge in [-0.3, -0.25) is 10.1 Å². The maximum absolute atomic E-state index is 10.7. The molecule has 2 aromatic carbocycles. The average Bonchev–Trinajstić information content (AvgIpc) is 2.37. The second-order valence-electron chi connectivity index (χ2n) is 4.79. The highest BCUT2D eigenvalue weighted by Gasteiger charge is 2.12. The first-order valence-corrected chi connectivity index (χ1v) is 6.18. The van der Waals surface area contributed by atoms with Crippen LogP contribution in [0.2, 0.25) is 0 Å². The van der Waals surface area contributed by atoms with Crippen LogP contribution < -0.4 is 10.5 Å². The molecule has 104 valence electrons. The first-order valence-electron chi connectivity index (χ1n) is 6.18. The molecule has 0 atom stereocenters. The lowest BCUT2D eigenvalue weighted by atomic mass is 10.1. The third-order valence-corrected chi connectivity index (χ3v) is 3.19. The number of hydrogen-bond acceptors (Lipinski definition) is 4. The van der Waals surface area contributed by atoms with Gasteiger partial charge >= 0.3 is 0 Å². The molecule has 0 amide bonds. The number of nitrogen functional groups attached to an aromatic ring is 1. The summed E-state index contributed by atoms with van der Waals surface area (Å²) in [5.74, 6) is 1.13. The van der Waals surface area contributed by atoms with Crippen LogP contribution in [0.4, 0.5) is 11.4 Å². The molecule has 5 heteroatoms. The van der Waals surface area contributed by atoms with Gasteiger partial charge in [0, 0.05) is 12.1 Å². The van der Waals surface area contributed by atoms with Crippen LogP contribution in [0.15, 0.2) is 30.3 Å². The minimum Gasteiger partial charge on any atom is -0.455 e. The SMILES string of the molecule is Cc1cc(C)c(C)c(Oc2ccc([N+](=O)[O-])cc2N)c1. The van der Waals surface area contributed by atoms with Crippen LogP contribution in [0.25, 0.3) is 0 Å². The summed E-state index contributed by atoms with van der Waals surface area (Å²) in [6.45, 7) is 5.96. The van der Waals surface area contributed by atoms with Gasteiger partial charge in [0.2, 0.25) is 0 Å². The lowest BCUT2D eigenvalue weighted by molar-refractivity contribution is -0.384. The molecule has 0 aliphatic rings. The summed E-state index contributed by atoms with van der Waals surface area (Å²) in [4.78, 5) is 10.2. The molecule has 0 heterocycles. The molecule has 0 saturated carbocycles. The number of nitro groups is 1. The van der Waals surface area contributed by atoms with Crippen LogP contribution >= 0.6 is 0 Å². The average molecular weight is 272 g/mol. The number of nitrogens with two attached hydrogens (primary N) is 1. The number of rotatable bonds is 3. The van der Waals surface area contributed by atoms with Crippen molar-refractivity contribution < 1.29 is 9.66 Å². The van der Waals surface area contributed by atoms with E-state index in [0.717, 1.165) is 16.7 Å². The van der Waals surface area contributed by atoms with Crippen LogP contribution in [-0.4, -0.2) is 4.92 Å². The summed E-state index contributed by atoms with van der Waals surface area (Å²) in [6.07, 6.45) is 0. The van der Waals surface area contributed by atoms with E-state index >= 15 is 0 Å². The molecule has 0 fully saturated rings. The fourth-order valence-electron chi connectivity index (χ4n) is 1.97. The zero-order chi connectivity index (χ0) is 14.9. The van der Waals surface area contributed by atoms with E-state index in [9.17, 15) is 10.1 Å². The summed E-state index contributed by atoms with van der Waals surface area (Å²) in [5.41, 5.74) is 9.24. The van der Waals surface area contributed by atoms with Crippen molar-refractivity contribution in [3.8, 4) is 11.5 Å². The van der Waals surface area contributed by atoms with E-state index < -0.39 is 4.92 Å². The van der Waals surface area contributed by atoms with Gasteiger partial charge in [0.15, 0.2) is 5.75 Å². The molecule has 2 N–H and O–H groups in total. The number of non-ortho nitro benzene ring substituents is 1. The van der Waals surface area contributed by atoms with Gasteiger partial charge in [-0.05, 0) is 49.6 Å². The molecule has 0 saturated heterocycles. The molecule has 0 aromatic heterocycles. The van der Waals surface area contributed by atoms with Crippen molar-refractivity contribution in [2.24, 2.45) is 0 Å². The maximum atomic E-state index is 10.7. The highest BCUT2D eigenvalue weighted by Crippen LogP contribution is 2.33. The van der Waals surface area contributed by atoms with Crippen molar-refractivity contribution in [3.05, 3.63) is 57.1 Å². The van der Waals surface area contributed by atoms with Gasteiger partial charge in [0.25, 0.3) is 5.69 Å². The summed E-state index contributed by atoms with van der Waals surface area (Å²) < 4.78 is 5.79. The second kappa shape index (κ2) is 5.21. The second-order valence-corrected chi connectivity index (χ2v) is 4.79. The Kier molecular flexibility index (Phi) is 3.61. The minimum atomic E-state index is -0.484. The number of nitro benzene ring substituents is 1. The van der Waals surface area contributed by atoms with Gasteiger partial charge in [-0.1, -0.05) is 6.07 Å². The fourth-order valence-corrected chi connectivity index (χ4v) is 1.97. The Morgan fingerprint density at radius 1 is 1.10 bits per heavy atom. The Morgan fingerprint density at radius 2 is 1.80 bits per heavy atom. The van der Waals surface area contributed by atoms with Gasteiger partial charge < -0.3 is 10.5 Å². The van der Waals surface area contributed by atoms with Crippen molar-refractivity contribution in [3.63, 3.8) is 0 Å². The van der Waals surface area contributed by atoms with E-state index in [-0.39, 0.29) is 11.4 Å². The molecular weight excluding hydrogens is 256 g/mol. The molecule has 0 spiro atoms. The molecular formula is C15H16N2O3. The molecule has 0 bridgehead atoms. The van der Waals surface area contributed by atoms with Gasteiger partial charge in [-0.25, -0.2) is 0 Å². The van der Waals surface area contributed by atoms with Crippen molar-refractivity contribution >= 4 is 11.4 Å². The standard InChI is InChI=1S/C15H16N2O3/c1-9-6-10(2)11(3)15(7-9)20-14-5-4-12(17(18)19)8-13(14)16/h4-8H,16H2,1-3H3. The monoisotopic (exact) mass is 272 g/mol. The van der Waals surface area contributed by atoms with Crippen molar-refractivity contribution in [2.75, 3.05) is 5.73 Å². The van der Waals surface area contributed by atoms with Gasteiger partial charge in [0.05, 0.1) is 10.6 Å². The summed E-state index contributed by atoms with van der Waals surface area (Å²) in [7, 11) is 0. The zero-order valence-electron chi connectivity index (χ0n) is 11.6. The van der Waals surface area contributed by atoms with Crippen LogP contribution in [0, 0.1) is 30.9 Å². The molecule has 0 aliphatic carbocycles. The van der Waals surface area contributed by atoms with E-state index in [1.54, 1.807) is 0 Å². The lowest BCUT2D eigenvalue weighted by Crippen LogP contribution is -1.97. The van der Waals surface area contributed by atoms with Crippen LogP contribution in [0.3, 0.4) is 0 Å². The highest BCUT2D eigenvalue weighted by molar-refractivity contribution is 5.60. The number of hydrogen-bond donors (Lipinski definition) is 1. The maximum Gasteiger partial charge on any atom is 0.271 e. The van der Waals surface area contributed by atoms with Crippen molar-refractivity contribution in [1.82, 2.24) is 0 Å². The van der Waals surface area contributed by atoms with Crippen molar-refractivity contribution in [2.45, 2.75) is 20.8 Å². The zero-order valence-corrected chi connectivity index (χ0v) is 11.6. The van der Waals surface area contributed by atoms with Gasteiger partial charge in [0.1, 0.15) is 5.75 Å². The summed E-state index contributed by atoms with van der Waals surface area (Å²) >= 11 is 0. The number of anilines is 1. The number of benzene rings is 2. The Labute approximate surface area is 117 Å². The summed E-state index contributed by atoms with van der Waals surface area (Å²) in [5, 5.41) is 10.7. The Bertz CT molecular complexity index is 681. The van der Waals surface area contributed by atoms with E-state index in [2.05, 4.69) is 6.07 Å². The quantitative estimate of drug-likeness (QED) is 0.522. The lowest BCUT2D eigenvalue weighted by Gasteiger charge is -2.13. The first-order chi connectivity index (χ1) is 9.38. The smallest absolute Gasteiger partial charge is 0.271 e. The Morgan fingerprint density at radius 3 is 2.40 bits per heavy atom. The first kappa shape index (κ1) is 13.9. The van der Waals surface area contributed by atoms with Crippen LogP contribution in [0.5, 0.6) is 11.5 Å². The molecule has 0 aliphatic heterocycles. The summed E-state index contributed by atoms with van der Waals surface area (Å²) in [6, 6.07) is 8.19. The van der Waals surface area contributed by atoms with E-state index in [1.807, 2.05) is 26.8 Å². The largest absolute Gasteiger partial charge is 0.455 e. The molecule has 0 radical (unpaired) electrons. The van der Waals surface area contributed by atoms with E-state index in [0.29, 0.717) is 11.5 Å². The van der Waals surface area contributed by atoms with Crippen LogP contribution in [-0.2, 0) is 0 Å². The molecule has 0 unspecified atom stereocenters. The molecule has 2 rings (SSSR count). The third kappa shape index (κ3) is 2.71. The fraction of sp³-hybridized carbons (Fsp3) is 0.200. The molecule has 2 aromatic rings. The third-order valence-electron chi connectivity index (χ3n) is 3.19. The molecule has 5 nitrogen and oxygen atoms in total. The highest BCUT2D eigenvalue weighted by atomic mass is 16.6. The normalized spacial score (nSPS) is 10.3. The van der Waals surface area contributed by atoms with E-state index in [1.165, 1.54) is 18.2 Å².